The highest BCUT2D eigenvalue weighted by Crippen LogP contribution is 2.30. The van der Waals surface area contributed by atoms with E-state index in [0.29, 0.717) is 29.8 Å². The van der Waals surface area contributed by atoms with Gasteiger partial charge in [-0.1, -0.05) is 70.7 Å². The second-order valence-electron chi connectivity index (χ2n) is 5.64. The van der Waals surface area contributed by atoms with Gasteiger partial charge >= 0.3 is 0 Å². The number of carbonyl (C=O) groups excluding carboxylic acids is 1. The minimum Gasteiger partial charge on any atom is -0.355 e. The van der Waals surface area contributed by atoms with Crippen molar-refractivity contribution in [2.45, 2.75) is 34.7 Å². The van der Waals surface area contributed by atoms with Gasteiger partial charge in [0.2, 0.25) is 17.6 Å². The standard InChI is InChI=1S/C17H19N5O2S3/c1-3-7-18-13(23)9-25-16-20-21-17(27-16)26-10-14-19-15(22-24-14)12-6-4-5-11(2)8-12/h4-6,8H,3,7,9-10H2,1-2H3,(H,18,23). The van der Waals surface area contributed by atoms with Crippen LogP contribution in [0.5, 0.6) is 0 Å². The van der Waals surface area contributed by atoms with Gasteiger partial charge in [-0.2, -0.15) is 4.98 Å². The van der Waals surface area contributed by atoms with Crippen molar-refractivity contribution in [3.8, 4) is 11.4 Å². The van der Waals surface area contributed by atoms with Gasteiger partial charge in [-0.05, 0) is 19.4 Å². The summed E-state index contributed by atoms with van der Waals surface area (Å²) in [5.41, 5.74) is 2.08. The first-order valence-corrected chi connectivity index (χ1v) is 11.2. The Labute approximate surface area is 169 Å². The smallest absolute Gasteiger partial charge is 0.237 e. The van der Waals surface area contributed by atoms with E-state index in [0.717, 1.165) is 26.2 Å². The topological polar surface area (TPSA) is 93.8 Å². The molecule has 1 N–H and O–H groups in total. The molecule has 1 amide bonds. The largest absolute Gasteiger partial charge is 0.355 e. The van der Waals surface area contributed by atoms with Gasteiger partial charge in [-0.3, -0.25) is 4.79 Å². The Morgan fingerprint density at radius 3 is 2.85 bits per heavy atom. The minimum atomic E-state index is 0.0146. The summed E-state index contributed by atoms with van der Waals surface area (Å²) in [4.78, 5) is 16.1. The summed E-state index contributed by atoms with van der Waals surface area (Å²) in [5.74, 6) is 2.01. The zero-order valence-corrected chi connectivity index (χ0v) is 17.4. The molecule has 0 spiro atoms. The molecular weight excluding hydrogens is 402 g/mol. The summed E-state index contributed by atoms with van der Waals surface area (Å²) in [5, 5.41) is 15.1. The number of aryl methyl sites for hydroxylation is 1. The van der Waals surface area contributed by atoms with Gasteiger partial charge in [0.1, 0.15) is 0 Å². The molecule has 0 bridgehead atoms. The van der Waals surface area contributed by atoms with Crippen LogP contribution in [0.25, 0.3) is 11.4 Å². The predicted octanol–water partition coefficient (Wildman–Crippen LogP) is 3.81. The number of carbonyl (C=O) groups is 1. The van der Waals surface area contributed by atoms with Crippen LogP contribution < -0.4 is 5.32 Å². The first kappa shape index (κ1) is 19.8. The Balaban J connectivity index is 1.49. The molecule has 3 rings (SSSR count). The Morgan fingerprint density at radius 1 is 1.26 bits per heavy atom. The quantitative estimate of drug-likeness (QED) is 0.521. The molecule has 2 aromatic heterocycles. The number of benzene rings is 1. The van der Waals surface area contributed by atoms with Crippen LogP contribution in [0.3, 0.4) is 0 Å². The second-order valence-corrected chi connectivity index (χ2v) is 9.06. The van der Waals surface area contributed by atoms with E-state index in [9.17, 15) is 4.79 Å². The lowest BCUT2D eigenvalue weighted by Gasteiger charge is -2.00. The van der Waals surface area contributed by atoms with E-state index in [1.54, 1.807) is 0 Å². The van der Waals surface area contributed by atoms with Crippen LogP contribution in [-0.4, -0.2) is 38.5 Å². The molecule has 7 nitrogen and oxygen atoms in total. The van der Waals surface area contributed by atoms with E-state index < -0.39 is 0 Å². The maximum absolute atomic E-state index is 11.6. The van der Waals surface area contributed by atoms with Crippen molar-refractivity contribution in [1.82, 2.24) is 25.7 Å². The highest BCUT2D eigenvalue weighted by Gasteiger charge is 2.12. The number of aromatic nitrogens is 4. The maximum Gasteiger partial charge on any atom is 0.237 e. The molecule has 0 saturated heterocycles. The molecule has 0 unspecified atom stereocenters. The molecular formula is C17H19N5O2S3. The summed E-state index contributed by atoms with van der Waals surface area (Å²) in [6, 6.07) is 7.98. The van der Waals surface area contributed by atoms with Crippen molar-refractivity contribution in [2.24, 2.45) is 0 Å². The summed E-state index contributed by atoms with van der Waals surface area (Å²) < 4.78 is 6.90. The lowest BCUT2D eigenvalue weighted by Crippen LogP contribution is -2.25. The van der Waals surface area contributed by atoms with Crippen molar-refractivity contribution in [1.29, 1.82) is 0 Å². The van der Waals surface area contributed by atoms with Crippen molar-refractivity contribution in [3.63, 3.8) is 0 Å². The third kappa shape index (κ3) is 6.05. The number of thioether (sulfide) groups is 2. The van der Waals surface area contributed by atoms with Gasteiger partial charge in [-0.15, -0.1) is 10.2 Å². The Bertz CT molecular complexity index is 896. The summed E-state index contributed by atoms with van der Waals surface area (Å²) in [7, 11) is 0. The molecule has 10 heteroatoms. The molecule has 0 aliphatic rings. The van der Waals surface area contributed by atoms with E-state index in [-0.39, 0.29) is 5.91 Å². The number of amides is 1. The van der Waals surface area contributed by atoms with Crippen LogP contribution in [0.4, 0.5) is 0 Å². The van der Waals surface area contributed by atoms with E-state index in [4.69, 9.17) is 4.52 Å². The van der Waals surface area contributed by atoms with Gasteiger partial charge in [0.15, 0.2) is 8.68 Å². The highest BCUT2D eigenvalue weighted by atomic mass is 32.2. The number of rotatable bonds is 9. The lowest BCUT2D eigenvalue weighted by atomic mass is 10.1. The molecule has 0 aliphatic carbocycles. The molecule has 0 aliphatic heterocycles. The Hall–Kier alpha value is -1.91. The van der Waals surface area contributed by atoms with Crippen LogP contribution in [0, 0.1) is 6.92 Å². The van der Waals surface area contributed by atoms with Crippen LogP contribution in [0.2, 0.25) is 0 Å². The fraction of sp³-hybridized carbons (Fsp3) is 0.353. The van der Waals surface area contributed by atoms with Gasteiger partial charge in [-0.25, -0.2) is 0 Å². The maximum atomic E-state index is 11.6. The van der Waals surface area contributed by atoms with Crippen LogP contribution in [0.1, 0.15) is 24.8 Å². The van der Waals surface area contributed by atoms with Gasteiger partial charge in [0.25, 0.3) is 0 Å². The average molecular weight is 422 g/mol. The fourth-order valence-corrected chi connectivity index (χ4v) is 4.78. The lowest BCUT2D eigenvalue weighted by molar-refractivity contribution is -0.118. The summed E-state index contributed by atoms with van der Waals surface area (Å²) in [6.45, 7) is 4.75. The second kappa shape index (κ2) is 9.86. The summed E-state index contributed by atoms with van der Waals surface area (Å²) >= 11 is 4.34. The van der Waals surface area contributed by atoms with Crippen LogP contribution in [0.15, 0.2) is 37.5 Å². The van der Waals surface area contributed by atoms with Crippen molar-refractivity contribution in [2.75, 3.05) is 12.3 Å². The number of hydrogen-bond donors (Lipinski definition) is 1. The van der Waals surface area contributed by atoms with E-state index in [1.807, 2.05) is 38.1 Å². The monoisotopic (exact) mass is 421 g/mol. The molecule has 27 heavy (non-hydrogen) atoms. The van der Waals surface area contributed by atoms with Crippen molar-refractivity contribution < 1.29 is 9.32 Å². The molecule has 1 aromatic carbocycles. The molecule has 0 radical (unpaired) electrons. The molecule has 142 valence electrons. The minimum absolute atomic E-state index is 0.0146. The van der Waals surface area contributed by atoms with Gasteiger partial charge in [0.05, 0.1) is 11.5 Å². The van der Waals surface area contributed by atoms with Crippen molar-refractivity contribution >= 4 is 40.8 Å². The Kier molecular flexibility index (Phi) is 7.25. The van der Waals surface area contributed by atoms with E-state index >= 15 is 0 Å². The fourth-order valence-electron chi connectivity index (χ4n) is 2.09. The van der Waals surface area contributed by atoms with Gasteiger partial charge in [0, 0.05) is 12.1 Å². The van der Waals surface area contributed by atoms with E-state index in [1.165, 1.54) is 34.9 Å². The summed E-state index contributed by atoms with van der Waals surface area (Å²) in [6.07, 6.45) is 0.928. The number of nitrogens with one attached hydrogen (secondary N) is 1. The number of hydrogen-bond acceptors (Lipinski definition) is 9. The SMILES string of the molecule is CCCNC(=O)CSc1nnc(SCc2nc(-c3cccc(C)c3)no2)s1. The molecule has 2 heterocycles. The zero-order valence-electron chi connectivity index (χ0n) is 15.0. The zero-order chi connectivity index (χ0) is 19.1. The normalized spacial score (nSPS) is 10.9. The molecule has 0 saturated carbocycles. The number of nitrogens with zero attached hydrogens (tertiary/aromatic N) is 4. The predicted molar refractivity (Wildman–Crippen MR) is 108 cm³/mol. The first-order valence-electron chi connectivity index (χ1n) is 8.39. The molecule has 0 fully saturated rings. The molecule has 3 aromatic rings. The van der Waals surface area contributed by atoms with Crippen LogP contribution in [-0.2, 0) is 10.5 Å². The molecule has 0 atom stereocenters. The van der Waals surface area contributed by atoms with Crippen LogP contribution >= 0.6 is 34.9 Å². The third-order valence-electron chi connectivity index (χ3n) is 3.35. The average Bonchev–Trinajstić information content (AvgIpc) is 3.32. The Morgan fingerprint density at radius 2 is 2.07 bits per heavy atom. The highest BCUT2D eigenvalue weighted by molar-refractivity contribution is 8.03. The van der Waals surface area contributed by atoms with E-state index in [2.05, 4.69) is 25.7 Å². The third-order valence-corrected chi connectivity index (χ3v) is 6.52. The van der Waals surface area contributed by atoms with Gasteiger partial charge < -0.3 is 9.84 Å². The first-order chi connectivity index (χ1) is 13.1. The van der Waals surface area contributed by atoms with Crippen molar-refractivity contribution in [3.05, 3.63) is 35.7 Å².